The molecule has 1 aromatic heterocycles. The van der Waals surface area contributed by atoms with Crippen molar-refractivity contribution in [3.63, 3.8) is 0 Å². The summed E-state index contributed by atoms with van der Waals surface area (Å²) in [5, 5.41) is 4.83. The van der Waals surface area contributed by atoms with E-state index in [-0.39, 0.29) is 11.3 Å². The van der Waals surface area contributed by atoms with Crippen LogP contribution in [-0.4, -0.2) is 56.2 Å². The van der Waals surface area contributed by atoms with Crippen LogP contribution in [0.5, 0.6) is 0 Å². The molecule has 152 valence electrons. The van der Waals surface area contributed by atoms with Gasteiger partial charge in [0.25, 0.3) is 0 Å². The lowest BCUT2D eigenvalue weighted by molar-refractivity contribution is -0.141. The standard InChI is InChI=1S/C21H31N5OS/c1-6-25-18(17-9-7-8-16(2)14-17)22-26(20(25)28)15-23-10-12-24(13-11-23)19(27)21(3,4)5/h7-9,14H,6,10-13,15H2,1-5H3. The van der Waals surface area contributed by atoms with E-state index >= 15 is 0 Å². The van der Waals surface area contributed by atoms with Crippen molar-refractivity contribution >= 4 is 18.1 Å². The summed E-state index contributed by atoms with van der Waals surface area (Å²) in [6, 6.07) is 8.36. The number of piperazine rings is 1. The second-order valence-electron chi connectivity index (χ2n) is 8.52. The molecule has 0 unspecified atom stereocenters. The number of aryl methyl sites for hydroxylation is 1. The van der Waals surface area contributed by atoms with Crippen LogP contribution in [0.15, 0.2) is 24.3 Å². The van der Waals surface area contributed by atoms with E-state index in [1.165, 1.54) is 5.56 Å². The van der Waals surface area contributed by atoms with Gasteiger partial charge in [-0.1, -0.05) is 44.5 Å². The van der Waals surface area contributed by atoms with Gasteiger partial charge in [0.15, 0.2) is 10.6 Å². The highest BCUT2D eigenvalue weighted by Gasteiger charge is 2.29. The predicted molar refractivity (Wildman–Crippen MR) is 115 cm³/mol. The summed E-state index contributed by atoms with van der Waals surface area (Å²) in [6.45, 7) is 14.7. The first-order valence-corrected chi connectivity index (χ1v) is 10.4. The van der Waals surface area contributed by atoms with Crippen LogP contribution >= 0.6 is 12.2 Å². The van der Waals surface area contributed by atoms with Gasteiger partial charge in [0.1, 0.15) is 0 Å². The van der Waals surface area contributed by atoms with E-state index in [0.29, 0.717) is 6.67 Å². The second kappa shape index (κ2) is 8.17. The Morgan fingerprint density at radius 1 is 1.18 bits per heavy atom. The van der Waals surface area contributed by atoms with Gasteiger partial charge in [-0.15, -0.1) is 0 Å². The number of carbonyl (C=O) groups is 1. The molecule has 2 heterocycles. The Hall–Kier alpha value is -1.99. The Labute approximate surface area is 172 Å². The molecular formula is C21H31N5OS. The van der Waals surface area contributed by atoms with Gasteiger partial charge in [0.05, 0.1) is 6.67 Å². The van der Waals surface area contributed by atoms with E-state index in [1.54, 1.807) is 0 Å². The van der Waals surface area contributed by atoms with Crippen LogP contribution in [0.3, 0.4) is 0 Å². The van der Waals surface area contributed by atoms with Gasteiger partial charge in [-0.2, -0.15) is 5.10 Å². The summed E-state index contributed by atoms with van der Waals surface area (Å²) < 4.78 is 4.74. The molecule has 0 N–H and O–H groups in total. The third-order valence-electron chi connectivity index (χ3n) is 5.15. The Morgan fingerprint density at radius 2 is 1.86 bits per heavy atom. The van der Waals surface area contributed by atoms with Gasteiger partial charge in [-0.3, -0.25) is 9.69 Å². The molecule has 2 aromatic rings. The van der Waals surface area contributed by atoms with E-state index in [2.05, 4.69) is 47.6 Å². The van der Waals surface area contributed by atoms with Crippen LogP contribution in [-0.2, 0) is 18.0 Å². The third kappa shape index (κ3) is 4.36. The van der Waals surface area contributed by atoms with Gasteiger partial charge in [-0.05, 0) is 32.1 Å². The Bertz CT molecular complexity index is 900. The normalized spacial score (nSPS) is 15.8. The minimum absolute atomic E-state index is 0.223. The lowest BCUT2D eigenvalue weighted by Crippen LogP contribution is -2.51. The topological polar surface area (TPSA) is 46.3 Å². The van der Waals surface area contributed by atoms with Crippen molar-refractivity contribution < 1.29 is 4.79 Å². The molecule has 0 saturated carbocycles. The lowest BCUT2D eigenvalue weighted by Gasteiger charge is -2.37. The molecule has 3 rings (SSSR count). The van der Waals surface area contributed by atoms with Crippen LogP contribution in [0.2, 0.25) is 0 Å². The highest BCUT2D eigenvalue weighted by molar-refractivity contribution is 7.71. The van der Waals surface area contributed by atoms with E-state index in [4.69, 9.17) is 17.3 Å². The monoisotopic (exact) mass is 401 g/mol. The number of hydrogen-bond donors (Lipinski definition) is 0. The molecule has 1 aliphatic rings. The highest BCUT2D eigenvalue weighted by atomic mass is 32.1. The third-order valence-corrected chi connectivity index (χ3v) is 5.58. The molecule has 0 atom stereocenters. The zero-order valence-corrected chi connectivity index (χ0v) is 18.4. The van der Waals surface area contributed by atoms with E-state index in [0.717, 1.165) is 48.9 Å². The number of benzene rings is 1. The van der Waals surface area contributed by atoms with Crippen molar-refractivity contribution in [3.8, 4) is 11.4 Å². The maximum Gasteiger partial charge on any atom is 0.228 e. The molecule has 28 heavy (non-hydrogen) atoms. The van der Waals surface area contributed by atoms with Gasteiger partial charge in [0.2, 0.25) is 5.91 Å². The fourth-order valence-corrected chi connectivity index (χ4v) is 3.89. The number of nitrogens with zero attached hydrogens (tertiary/aromatic N) is 5. The fourth-order valence-electron chi connectivity index (χ4n) is 3.57. The molecule has 1 amide bonds. The van der Waals surface area contributed by atoms with Crippen molar-refractivity contribution in [1.29, 1.82) is 0 Å². The summed E-state index contributed by atoms with van der Waals surface area (Å²) in [5.74, 6) is 1.14. The zero-order valence-electron chi connectivity index (χ0n) is 17.6. The van der Waals surface area contributed by atoms with Crippen LogP contribution < -0.4 is 0 Å². The zero-order chi connectivity index (χ0) is 20.5. The number of hydrogen-bond acceptors (Lipinski definition) is 4. The molecule has 0 spiro atoms. The average Bonchev–Trinajstić information content (AvgIpc) is 2.96. The van der Waals surface area contributed by atoms with Crippen molar-refractivity contribution in [2.75, 3.05) is 26.2 Å². The van der Waals surface area contributed by atoms with E-state index < -0.39 is 0 Å². The van der Waals surface area contributed by atoms with Gasteiger partial charge in [0, 0.05) is 43.7 Å². The lowest BCUT2D eigenvalue weighted by atomic mass is 9.94. The Kier molecular flexibility index (Phi) is 6.05. The predicted octanol–water partition coefficient (Wildman–Crippen LogP) is 3.56. The molecule has 1 aliphatic heterocycles. The average molecular weight is 402 g/mol. The van der Waals surface area contributed by atoms with Crippen LogP contribution in [0.25, 0.3) is 11.4 Å². The van der Waals surface area contributed by atoms with Crippen LogP contribution in [0.4, 0.5) is 0 Å². The van der Waals surface area contributed by atoms with Crippen molar-refractivity contribution in [2.45, 2.75) is 47.8 Å². The summed E-state index contributed by atoms with van der Waals surface area (Å²) >= 11 is 5.70. The number of rotatable bonds is 4. The molecule has 1 aromatic carbocycles. The minimum Gasteiger partial charge on any atom is -0.340 e. The Morgan fingerprint density at radius 3 is 2.43 bits per heavy atom. The fraction of sp³-hybridized carbons (Fsp3) is 0.571. The first kappa shape index (κ1) is 20.7. The Balaban J connectivity index is 1.74. The van der Waals surface area contributed by atoms with Crippen molar-refractivity contribution in [1.82, 2.24) is 24.1 Å². The summed E-state index contributed by atoms with van der Waals surface area (Å²) in [5.41, 5.74) is 1.97. The van der Waals surface area contributed by atoms with E-state index in [1.807, 2.05) is 30.4 Å². The summed E-state index contributed by atoms with van der Waals surface area (Å²) in [4.78, 5) is 16.8. The van der Waals surface area contributed by atoms with Crippen LogP contribution in [0.1, 0.15) is 33.3 Å². The number of carbonyl (C=O) groups excluding carboxylic acids is 1. The van der Waals surface area contributed by atoms with E-state index in [9.17, 15) is 4.79 Å². The molecule has 6 nitrogen and oxygen atoms in total. The smallest absolute Gasteiger partial charge is 0.228 e. The maximum atomic E-state index is 12.5. The SMILES string of the molecule is CCn1c(-c2cccc(C)c2)nn(CN2CCN(C(=O)C(C)(C)C)CC2)c1=S. The van der Waals surface area contributed by atoms with Gasteiger partial charge in [-0.25, -0.2) is 4.68 Å². The molecular weight excluding hydrogens is 370 g/mol. The maximum absolute atomic E-state index is 12.5. The molecule has 0 radical (unpaired) electrons. The molecule has 1 saturated heterocycles. The minimum atomic E-state index is -0.326. The molecule has 7 heteroatoms. The van der Waals surface area contributed by atoms with Gasteiger partial charge >= 0.3 is 0 Å². The first-order valence-electron chi connectivity index (χ1n) is 9.97. The number of aromatic nitrogens is 3. The molecule has 1 fully saturated rings. The summed E-state index contributed by atoms with van der Waals surface area (Å²) in [7, 11) is 0. The largest absolute Gasteiger partial charge is 0.340 e. The molecule has 0 bridgehead atoms. The van der Waals surface area contributed by atoms with Crippen LogP contribution in [0, 0.1) is 17.1 Å². The summed E-state index contributed by atoms with van der Waals surface area (Å²) in [6.07, 6.45) is 0. The first-order chi connectivity index (χ1) is 13.2. The van der Waals surface area contributed by atoms with Crippen molar-refractivity contribution in [3.05, 3.63) is 34.6 Å². The quantitative estimate of drug-likeness (QED) is 0.735. The number of amides is 1. The highest BCUT2D eigenvalue weighted by Crippen LogP contribution is 2.21. The second-order valence-corrected chi connectivity index (χ2v) is 8.89. The molecule has 0 aliphatic carbocycles. The van der Waals surface area contributed by atoms with Crippen molar-refractivity contribution in [2.24, 2.45) is 5.41 Å². The van der Waals surface area contributed by atoms with Gasteiger partial charge < -0.3 is 9.47 Å².